The van der Waals surface area contributed by atoms with Crippen LogP contribution in [-0.2, 0) is 12.0 Å². The maximum absolute atomic E-state index is 12.2. The number of phenolic OH excluding ortho intramolecular Hbond substituents is 1. The number of amides is 3. The first-order chi connectivity index (χ1) is 16.8. The monoisotopic (exact) mass is 510 g/mol. The number of benzene rings is 2. The molecule has 0 unspecified atom stereocenters. The molecule has 3 aromatic rings. The van der Waals surface area contributed by atoms with Gasteiger partial charge >= 0.3 is 6.03 Å². The van der Waals surface area contributed by atoms with Crippen LogP contribution < -0.4 is 16.0 Å². The summed E-state index contributed by atoms with van der Waals surface area (Å²) in [4.78, 5) is 27.8. The zero-order valence-corrected chi connectivity index (χ0v) is 21.8. The molecule has 0 aliphatic rings. The molecule has 0 aliphatic carbocycles. The van der Waals surface area contributed by atoms with Gasteiger partial charge in [-0.1, -0.05) is 44.2 Å². The van der Waals surface area contributed by atoms with E-state index in [1.807, 2.05) is 49.4 Å². The predicted octanol–water partition coefficient (Wildman–Crippen LogP) is 5.18. The number of nitrogens with one attached hydrogen (secondary N) is 3. The minimum Gasteiger partial charge on any atom is -0.507 e. The van der Waals surface area contributed by atoms with E-state index >= 15 is 0 Å². The van der Waals surface area contributed by atoms with Gasteiger partial charge in [-0.25, -0.2) is 4.79 Å². The van der Waals surface area contributed by atoms with E-state index in [1.54, 1.807) is 24.5 Å². The molecular formula is C28H35ClN4O3. The molecule has 0 fully saturated rings. The Morgan fingerprint density at radius 3 is 2.50 bits per heavy atom. The molecule has 0 saturated heterocycles. The lowest BCUT2D eigenvalue weighted by Gasteiger charge is -2.26. The quantitative estimate of drug-likeness (QED) is 0.282. The van der Waals surface area contributed by atoms with Crippen molar-refractivity contribution in [3.63, 3.8) is 0 Å². The normalized spacial score (nSPS) is 10.8. The van der Waals surface area contributed by atoms with E-state index in [-0.39, 0.29) is 35.5 Å². The summed E-state index contributed by atoms with van der Waals surface area (Å²) in [6.07, 6.45) is 4.85. The number of halogens is 1. The molecule has 0 saturated carbocycles. The second-order valence-corrected chi connectivity index (χ2v) is 9.13. The summed E-state index contributed by atoms with van der Waals surface area (Å²) in [5, 5.41) is 19.3. The van der Waals surface area contributed by atoms with Crippen molar-refractivity contribution in [3.05, 3.63) is 83.7 Å². The van der Waals surface area contributed by atoms with Crippen LogP contribution in [0.25, 0.3) is 11.1 Å². The van der Waals surface area contributed by atoms with Gasteiger partial charge in [-0.05, 0) is 66.1 Å². The number of aromatic nitrogens is 1. The van der Waals surface area contributed by atoms with E-state index in [4.69, 9.17) is 0 Å². The summed E-state index contributed by atoms with van der Waals surface area (Å²) in [6, 6.07) is 16.9. The summed E-state index contributed by atoms with van der Waals surface area (Å²) in [7, 11) is 0. The smallest absolute Gasteiger partial charge is 0.315 e. The van der Waals surface area contributed by atoms with Crippen molar-refractivity contribution in [3.8, 4) is 16.9 Å². The highest BCUT2D eigenvalue weighted by atomic mass is 35.5. The van der Waals surface area contributed by atoms with E-state index in [0.29, 0.717) is 25.2 Å². The maximum Gasteiger partial charge on any atom is 0.315 e. The van der Waals surface area contributed by atoms with Crippen molar-refractivity contribution in [1.82, 2.24) is 20.9 Å². The number of hydrogen-bond donors (Lipinski definition) is 4. The van der Waals surface area contributed by atoms with Crippen LogP contribution in [-0.4, -0.2) is 35.1 Å². The third-order valence-electron chi connectivity index (χ3n) is 6.00. The highest BCUT2D eigenvalue weighted by Crippen LogP contribution is 2.36. The van der Waals surface area contributed by atoms with Gasteiger partial charge in [-0.2, -0.15) is 0 Å². The number of phenols is 1. The van der Waals surface area contributed by atoms with E-state index in [1.165, 1.54) is 0 Å². The molecule has 3 rings (SSSR count). The lowest BCUT2D eigenvalue weighted by Crippen LogP contribution is -2.34. The third-order valence-corrected chi connectivity index (χ3v) is 6.00. The van der Waals surface area contributed by atoms with Gasteiger partial charge in [0.15, 0.2) is 0 Å². The fraction of sp³-hybridized carbons (Fsp3) is 0.321. The van der Waals surface area contributed by atoms with E-state index in [2.05, 4.69) is 34.8 Å². The second kappa shape index (κ2) is 13.5. The molecule has 0 bridgehead atoms. The number of rotatable bonds is 10. The molecule has 0 atom stereocenters. The Labute approximate surface area is 219 Å². The maximum atomic E-state index is 12.2. The van der Waals surface area contributed by atoms with Crippen LogP contribution in [0.4, 0.5) is 4.79 Å². The van der Waals surface area contributed by atoms with Gasteiger partial charge in [-0.3, -0.25) is 9.78 Å². The average Bonchev–Trinajstić information content (AvgIpc) is 2.86. The van der Waals surface area contributed by atoms with Gasteiger partial charge in [0.05, 0.1) is 5.56 Å². The molecule has 8 heteroatoms. The average molecular weight is 511 g/mol. The molecule has 0 spiro atoms. The molecule has 1 heterocycles. The summed E-state index contributed by atoms with van der Waals surface area (Å²) >= 11 is 0. The van der Waals surface area contributed by atoms with Crippen LogP contribution in [0.1, 0.15) is 55.1 Å². The molecule has 1 aromatic heterocycles. The van der Waals surface area contributed by atoms with Crippen molar-refractivity contribution in [2.45, 2.75) is 45.6 Å². The van der Waals surface area contributed by atoms with Crippen molar-refractivity contribution in [2.24, 2.45) is 0 Å². The number of carbonyl (C=O) groups is 2. The largest absolute Gasteiger partial charge is 0.507 e. The second-order valence-electron chi connectivity index (χ2n) is 9.13. The zero-order valence-electron chi connectivity index (χ0n) is 21.0. The molecule has 192 valence electrons. The Bertz CT molecular complexity index is 1150. The van der Waals surface area contributed by atoms with Crippen LogP contribution in [0.15, 0.2) is 67.0 Å². The number of urea groups is 1. The third kappa shape index (κ3) is 7.99. The first-order valence-electron chi connectivity index (χ1n) is 11.9. The molecule has 7 nitrogen and oxygen atoms in total. The van der Waals surface area contributed by atoms with E-state index < -0.39 is 0 Å². The van der Waals surface area contributed by atoms with Crippen molar-refractivity contribution >= 4 is 24.3 Å². The van der Waals surface area contributed by atoms with Crippen molar-refractivity contribution in [2.75, 3.05) is 13.1 Å². The molecular weight excluding hydrogens is 476 g/mol. The van der Waals surface area contributed by atoms with Gasteiger partial charge < -0.3 is 21.1 Å². The van der Waals surface area contributed by atoms with E-state index in [9.17, 15) is 14.7 Å². The Morgan fingerprint density at radius 1 is 1.00 bits per heavy atom. The molecule has 2 aromatic carbocycles. The fourth-order valence-electron chi connectivity index (χ4n) is 3.93. The van der Waals surface area contributed by atoms with Crippen molar-refractivity contribution < 1.29 is 14.7 Å². The molecule has 36 heavy (non-hydrogen) atoms. The number of aromatic hydroxyl groups is 1. The first-order valence-corrected chi connectivity index (χ1v) is 11.9. The van der Waals surface area contributed by atoms with Crippen LogP contribution >= 0.6 is 12.4 Å². The van der Waals surface area contributed by atoms with E-state index in [0.717, 1.165) is 35.1 Å². The molecule has 3 amide bonds. The number of hydrogen-bond acceptors (Lipinski definition) is 4. The van der Waals surface area contributed by atoms with Crippen molar-refractivity contribution in [1.29, 1.82) is 0 Å². The fourth-order valence-corrected chi connectivity index (χ4v) is 3.93. The van der Waals surface area contributed by atoms with Crippen LogP contribution in [0.3, 0.4) is 0 Å². The topological polar surface area (TPSA) is 103 Å². The number of nitrogens with zero attached hydrogens (tertiary/aromatic N) is 1. The summed E-state index contributed by atoms with van der Waals surface area (Å²) in [6.45, 7) is 7.69. The highest BCUT2D eigenvalue weighted by Gasteiger charge is 2.22. The van der Waals surface area contributed by atoms with Gasteiger partial charge in [0.2, 0.25) is 0 Å². The van der Waals surface area contributed by atoms with Gasteiger partial charge in [0.1, 0.15) is 5.75 Å². The molecule has 0 radical (unpaired) electrons. The van der Waals surface area contributed by atoms with Crippen LogP contribution in [0.5, 0.6) is 5.75 Å². The lowest BCUT2D eigenvalue weighted by atomic mass is 9.80. The Balaban J connectivity index is 0.00000456. The van der Waals surface area contributed by atoms with Crippen LogP contribution in [0, 0.1) is 0 Å². The van der Waals surface area contributed by atoms with Gasteiger partial charge in [-0.15, -0.1) is 12.4 Å². The zero-order chi connectivity index (χ0) is 25.3. The first kappa shape index (κ1) is 28.7. The number of carbonyl (C=O) groups excluding carboxylic acids is 2. The molecule has 0 aliphatic heterocycles. The summed E-state index contributed by atoms with van der Waals surface area (Å²) < 4.78 is 0. The summed E-state index contributed by atoms with van der Waals surface area (Å²) in [5.41, 5.74) is 4.00. The molecule has 4 N–H and O–H groups in total. The Kier molecular flexibility index (Phi) is 10.7. The summed E-state index contributed by atoms with van der Waals surface area (Å²) in [5.74, 6) is 0.0932. The Hall–Kier alpha value is -3.58. The number of pyridine rings is 1. The lowest BCUT2D eigenvalue weighted by molar-refractivity contribution is 0.0952. The van der Waals surface area contributed by atoms with Gasteiger partial charge in [0.25, 0.3) is 5.91 Å². The highest BCUT2D eigenvalue weighted by molar-refractivity contribution is 5.93. The predicted molar refractivity (Wildman–Crippen MR) is 146 cm³/mol. The SMILES string of the molecule is CCNC(=O)NCc1cccc(-c2ccc(C(C)(C)CCCNC(=O)c3cccnc3)cc2O)c1.Cl. The van der Waals surface area contributed by atoms with Crippen LogP contribution in [0.2, 0.25) is 0 Å². The standard InChI is InChI=1S/C28H34N4O3.ClH/c1-4-30-27(35)32-18-20-8-5-9-21(16-20)24-12-11-23(17-25(24)33)28(2,3)13-7-15-31-26(34)22-10-6-14-29-19-22;/h5-6,8-12,14,16-17,19,33H,4,7,13,15,18H2,1-3H3,(H,31,34)(H2,30,32,35);1H. The minimum atomic E-state index is -0.205. The Morgan fingerprint density at radius 2 is 1.81 bits per heavy atom. The minimum absolute atomic E-state index is 0. The van der Waals surface area contributed by atoms with Gasteiger partial charge in [0, 0.05) is 37.6 Å².